The number of benzene rings is 2. The fourth-order valence-electron chi connectivity index (χ4n) is 2.13. The molecule has 8 heteroatoms. The standard InChI is InChI=1S/C18H15BrN4O2S/c1-12-17(24)23(18(26)22-21-12)20-10-14-3-2-4-16(9-14)25-11-13-5-7-15(19)8-6-13/h2-10H,11H2,1H3,(H,22,26)/b20-10-. The van der Waals surface area contributed by atoms with E-state index in [0.717, 1.165) is 20.3 Å². The Balaban J connectivity index is 1.75. The molecule has 0 spiro atoms. The first-order valence-corrected chi connectivity index (χ1v) is 8.93. The molecule has 0 saturated carbocycles. The molecule has 0 aliphatic carbocycles. The highest BCUT2D eigenvalue weighted by Crippen LogP contribution is 2.16. The van der Waals surface area contributed by atoms with Crippen LogP contribution in [0.15, 0.2) is 62.9 Å². The average Bonchev–Trinajstić information content (AvgIpc) is 2.65. The molecule has 0 fully saturated rings. The van der Waals surface area contributed by atoms with Crippen LogP contribution in [0.4, 0.5) is 0 Å². The Morgan fingerprint density at radius 2 is 2.08 bits per heavy atom. The van der Waals surface area contributed by atoms with Crippen LogP contribution in [0.3, 0.4) is 0 Å². The van der Waals surface area contributed by atoms with Crippen LogP contribution in [-0.4, -0.2) is 21.1 Å². The van der Waals surface area contributed by atoms with Crippen molar-refractivity contribution in [3.63, 3.8) is 0 Å². The van der Waals surface area contributed by atoms with Gasteiger partial charge >= 0.3 is 0 Å². The van der Waals surface area contributed by atoms with Gasteiger partial charge in [-0.2, -0.15) is 14.9 Å². The number of hydrogen-bond acceptors (Lipinski definition) is 5. The first kappa shape index (κ1) is 18.2. The monoisotopic (exact) mass is 430 g/mol. The Hall–Kier alpha value is -2.58. The van der Waals surface area contributed by atoms with Gasteiger partial charge < -0.3 is 4.74 Å². The third-order valence-electron chi connectivity index (χ3n) is 3.51. The van der Waals surface area contributed by atoms with E-state index in [1.54, 1.807) is 13.1 Å². The predicted octanol–water partition coefficient (Wildman–Crippen LogP) is 3.83. The van der Waals surface area contributed by atoms with Gasteiger partial charge in [-0.05, 0) is 54.5 Å². The minimum atomic E-state index is -0.354. The van der Waals surface area contributed by atoms with Gasteiger partial charge in [0.1, 0.15) is 18.1 Å². The summed E-state index contributed by atoms with van der Waals surface area (Å²) in [6, 6.07) is 15.4. The number of aromatic amines is 1. The minimum absolute atomic E-state index is 0.138. The zero-order chi connectivity index (χ0) is 18.5. The second-order valence-corrected chi connectivity index (χ2v) is 6.77. The van der Waals surface area contributed by atoms with Gasteiger partial charge in [0.25, 0.3) is 5.56 Å². The van der Waals surface area contributed by atoms with E-state index in [-0.39, 0.29) is 10.3 Å². The smallest absolute Gasteiger partial charge is 0.296 e. The summed E-state index contributed by atoms with van der Waals surface area (Å²) < 4.78 is 8.08. The summed E-state index contributed by atoms with van der Waals surface area (Å²) in [6.45, 7) is 2.05. The maximum absolute atomic E-state index is 12.0. The molecule has 1 aromatic heterocycles. The molecular formula is C18H15BrN4O2S. The molecule has 26 heavy (non-hydrogen) atoms. The second kappa shape index (κ2) is 8.20. The van der Waals surface area contributed by atoms with Crippen molar-refractivity contribution in [2.24, 2.45) is 5.10 Å². The summed E-state index contributed by atoms with van der Waals surface area (Å²) in [5.41, 5.74) is 1.79. The molecule has 3 rings (SSSR count). The number of aromatic nitrogens is 3. The Bertz CT molecular complexity index is 1060. The van der Waals surface area contributed by atoms with Gasteiger partial charge in [-0.3, -0.25) is 9.89 Å². The maximum Gasteiger partial charge on any atom is 0.296 e. The fraction of sp³-hybridized carbons (Fsp3) is 0.111. The molecule has 2 aromatic carbocycles. The van der Waals surface area contributed by atoms with E-state index in [1.807, 2.05) is 48.5 Å². The van der Waals surface area contributed by atoms with Crippen LogP contribution >= 0.6 is 28.1 Å². The number of H-pyrrole nitrogens is 1. The van der Waals surface area contributed by atoms with E-state index in [9.17, 15) is 4.79 Å². The zero-order valence-corrected chi connectivity index (χ0v) is 16.3. The van der Waals surface area contributed by atoms with Gasteiger partial charge in [0.15, 0.2) is 0 Å². The van der Waals surface area contributed by atoms with E-state index >= 15 is 0 Å². The van der Waals surface area contributed by atoms with Gasteiger partial charge in [-0.15, -0.1) is 0 Å². The van der Waals surface area contributed by atoms with Crippen molar-refractivity contribution >= 4 is 34.4 Å². The van der Waals surface area contributed by atoms with E-state index < -0.39 is 0 Å². The van der Waals surface area contributed by atoms with E-state index in [2.05, 4.69) is 31.2 Å². The minimum Gasteiger partial charge on any atom is -0.489 e. The predicted molar refractivity (Wildman–Crippen MR) is 106 cm³/mol. The van der Waals surface area contributed by atoms with E-state index in [1.165, 1.54) is 0 Å². The number of hydrogen-bond donors (Lipinski definition) is 1. The number of aryl methyl sites for hydroxylation is 1. The molecule has 0 radical (unpaired) electrons. The molecule has 0 amide bonds. The molecule has 132 valence electrons. The first-order valence-electron chi connectivity index (χ1n) is 7.73. The molecular weight excluding hydrogens is 416 g/mol. The van der Waals surface area contributed by atoms with E-state index in [0.29, 0.717) is 18.1 Å². The summed E-state index contributed by atoms with van der Waals surface area (Å²) >= 11 is 8.46. The maximum atomic E-state index is 12.0. The van der Waals surface area contributed by atoms with Crippen LogP contribution < -0.4 is 10.3 Å². The lowest BCUT2D eigenvalue weighted by atomic mass is 10.2. The van der Waals surface area contributed by atoms with Crippen LogP contribution in [0.25, 0.3) is 0 Å². The van der Waals surface area contributed by atoms with Crippen molar-refractivity contribution in [2.75, 3.05) is 0 Å². The molecule has 0 saturated heterocycles. The normalized spacial score (nSPS) is 11.0. The van der Waals surface area contributed by atoms with Crippen molar-refractivity contribution in [1.82, 2.24) is 14.9 Å². The largest absolute Gasteiger partial charge is 0.489 e. The molecule has 6 nitrogen and oxygen atoms in total. The van der Waals surface area contributed by atoms with Crippen molar-refractivity contribution in [3.8, 4) is 5.75 Å². The van der Waals surface area contributed by atoms with Crippen LogP contribution in [0.5, 0.6) is 5.75 Å². The Labute approximate surface area is 163 Å². The van der Waals surface area contributed by atoms with Crippen molar-refractivity contribution in [1.29, 1.82) is 0 Å². The Kier molecular flexibility index (Phi) is 5.75. The van der Waals surface area contributed by atoms with Crippen molar-refractivity contribution < 1.29 is 4.74 Å². The quantitative estimate of drug-likeness (QED) is 0.492. The average molecular weight is 431 g/mol. The summed E-state index contributed by atoms with van der Waals surface area (Å²) in [5, 5.41) is 10.5. The molecule has 0 aliphatic heterocycles. The zero-order valence-electron chi connectivity index (χ0n) is 13.8. The summed E-state index contributed by atoms with van der Waals surface area (Å²) in [4.78, 5) is 12.0. The van der Waals surface area contributed by atoms with Gasteiger partial charge in [0.05, 0.1) is 6.21 Å². The van der Waals surface area contributed by atoms with Crippen LogP contribution in [-0.2, 0) is 6.61 Å². The molecule has 3 aromatic rings. The second-order valence-electron chi connectivity index (χ2n) is 5.46. The number of rotatable bonds is 5. The molecule has 0 aliphatic rings. The van der Waals surface area contributed by atoms with Crippen molar-refractivity contribution in [3.05, 3.63) is 84.9 Å². The third kappa shape index (κ3) is 4.53. The number of ether oxygens (including phenoxy) is 1. The van der Waals surface area contributed by atoms with Gasteiger partial charge in [-0.1, -0.05) is 40.2 Å². The van der Waals surface area contributed by atoms with Gasteiger partial charge in [0.2, 0.25) is 4.77 Å². The topological polar surface area (TPSA) is 72.3 Å². The van der Waals surface area contributed by atoms with Crippen LogP contribution in [0, 0.1) is 11.7 Å². The SMILES string of the molecule is Cc1n[nH]c(=S)n(/N=C\c2cccc(OCc3ccc(Br)cc3)c2)c1=O. The lowest BCUT2D eigenvalue weighted by Gasteiger charge is -2.07. The lowest BCUT2D eigenvalue weighted by Crippen LogP contribution is -2.22. The molecule has 0 bridgehead atoms. The fourth-order valence-corrected chi connectivity index (χ4v) is 2.57. The lowest BCUT2D eigenvalue weighted by molar-refractivity contribution is 0.306. The van der Waals surface area contributed by atoms with Gasteiger partial charge in [0, 0.05) is 4.47 Å². The molecule has 1 heterocycles. The molecule has 0 atom stereocenters. The van der Waals surface area contributed by atoms with Crippen LogP contribution in [0.1, 0.15) is 16.8 Å². The number of nitrogens with zero attached hydrogens (tertiary/aromatic N) is 3. The summed E-state index contributed by atoms with van der Waals surface area (Å²) in [5.74, 6) is 0.709. The highest BCUT2D eigenvalue weighted by Gasteiger charge is 2.02. The number of nitrogens with one attached hydrogen (secondary N) is 1. The Morgan fingerprint density at radius 1 is 1.31 bits per heavy atom. The summed E-state index contributed by atoms with van der Waals surface area (Å²) in [6.07, 6.45) is 1.55. The highest BCUT2D eigenvalue weighted by molar-refractivity contribution is 9.10. The van der Waals surface area contributed by atoms with E-state index in [4.69, 9.17) is 17.0 Å². The highest BCUT2D eigenvalue weighted by atomic mass is 79.9. The van der Waals surface area contributed by atoms with Crippen molar-refractivity contribution in [2.45, 2.75) is 13.5 Å². The molecule has 0 unspecified atom stereocenters. The number of halogens is 1. The van der Waals surface area contributed by atoms with Gasteiger partial charge in [-0.25, -0.2) is 0 Å². The first-order chi connectivity index (χ1) is 12.5. The summed E-state index contributed by atoms with van der Waals surface area (Å²) in [7, 11) is 0. The molecule has 1 N–H and O–H groups in total. The third-order valence-corrected chi connectivity index (χ3v) is 4.31. The Morgan fingerprint density at radius 3 is 2.85 bits per heavy atom. The van der Waals surface area contributed by atoms with Crippen LogP contribution in [0.2, 0.25) is 0 Å².